The third-order valence-electron chi connectivity index (χ3n) is 4.43. The number of benzene rings is 1. The van der Waals surface area contributed by atoms with Crippen LogP contribution in [0.3, 0.4) is 0 Å². The van der Waals surface area contributed by atoms with Crippen molar-refractivity contribution in [1.29, 1.82) is 0 Å². The predicted molar refractivity (Wildman–Crippen MR) is 106 cm³/mol. The molecule has 4 N–H and O–H groups in total. The highest BCUT2D eigenvalue weighted by molar-refractivity contribution is 5.77. The fraction of sp³-hybridized carbons (Fsp3) is 0.150. The van der Waals surface area contributed by atoms with Gasteiger partial charge < -0.3 is 20.8 Å². The lowest BCUT2D eigenvalue weighted by Gasteiger charge is -2.09. The summed E-state index contributed by atoms with van der Waals surface area (Å²) >= 11 is 0. The summed E-state index contributed by atoms with van der Waals surface area (Å²) in [5.74, 6) is 1.53. The Morgan fingerprint density at radius 2 is 1.66 bits per heavy atom. The zero-order valence-electron chi connectivity index (χ0n) is 15.5. The molecule has 4 aromatic rings. The monoisotopic (exact) mass is 396 g/mol. The number of aryl methyl sites for hydroxylation is 1. The van der Waals surface area contributed by atoms with Gasteiger partial charge in [0.1, 0.15) is 28.7 Å². The average Bonchev–Trinajstić information content (AvgIpc) is 2.97. The van der Waals surface area contributed by atoms with Gasteiger partial charge in [0.05, 0.1) is 12.2 Å². The largest absolute Gasteiger partial charge is 0.435 e. The van der Waals surface area contributed by atoms with Crippen molar-refractivity contribution in [2.45, 2.75) is 20.1 Å². The second-order valence-corrected chi connectivity index (χ2v) is 6.51. The molecule has 3 heterocycles. The normalized spacial score (nSPS) is 11.3. The molecule has 0 aliphatic heterocycles. The van der Waals surface area contributed by atoms with Crippen LogP contribution in [-0.4, -0.2) is 26.1 Å². The van der Waals surface area contributed by atoms with Crippen molar-refractivity contribution < 1.29 is 13.5 Å². The SMILES string of the molecule is Cc1nc2ccc(-c3cc(N)nc(N)c3)nc2n1Cc1ccc(OC(F)F)cc1. The number of halogens is 2. The molecule has 0 saturated carbocycles. The van der Waals surface area contributed by atoms with E-state index in [4.69, 9.17) is 16.5 Å². The first-order valence-corrected chi connectivity index (χ1v) is 8.80. The first kappa shape index (κ1) is 18.6. The molecule has 1 aromatic carbocycles. The minimum atomic E-state index is -2.85. The van der Waals surface area contributed by atoms with E-state index in [0.717, 1.165) is 22.5 Å². The molecule has 0 fully saturated rings. The second kappa shape index (κ2) is 7.34. The Morgan fingerprint density at radius 3 is 2.31 bits per heavy atom. The van der Waals surface area contributed by atoms with Crippen molar-refractivity contribution in [1.82, 2.24) is 19.5 Å². The zero-order valence-corrected chi connectivity index (χ0v) is 15.5. The van der Waals surface area contributed by atoms with Gasteiger partial charge in [-0.1, -0.05) is 12.1 Å². The number of ether oxygens (including phenoxy) is 1. The van der Waals surface area contributed by atoms with E-state index in [0.29, 0.717) is 29.5 Å². The highest BCUT2D eigenvalue weighted by Crippen LogP contribution is 2.25. The van der Waals surface area contributed by atoms with Gasteiger partial charge in [0.25, 0.3) is 0 Å². The Balaban J connectivity index is 1.70. The summed E-state index contributed by atoms with van der Waals surface area (Å²) < 4.78 is 31.0. The van der Waals surface area contributed by atoms with Crippen LogP contribution in [0.2, 0.25) is 0 Å². The number of fused-ring (bicyclic) bond motifs is 1. The molecule has 0 saturated heterocycles. The summed E-state index contributed by atoms with van der Waals surface area (Å²) in [4.78, 5) is 13.3. The van der Waals surface area contributed by atoms with E-state index < -0.39 is 6.61 Å². The minimum Gasteiger partial charge on any atom is -0.435 e. The van der Waals surface area contributed by atoms with E-state index in [9.17, 15) is 8.78 Å². The van der Waals surface area contributed by atoms with Crippen LogP contribution < -0.4 is 16.2 Å². The fourth-order valence-corrected chi connectivity index (χ4v) is 3.15. The molecule has 9 heteroatoms. The average molecular weight is 396 g/mol. The Labute approximate surface area is 165 Å². The Bertz CT molecular complexity index is 1150. The third-order valence-corrected chi connectivity index (χ3v) is 4.43. The van der Waals surface area contributed by atoms with Crippen molar-refractivity contribution in [3.63, 3.8) is 0 Å². The molecule has 0 radical (unpaired) electrons. The molecule has 0 unspecified atom stereocenters. The van der Waals surface area contributed by atoms with E-state index in [1.165, 1.54) is 12.1 Å². The van der Waals surface area contributed by atoms with Crippen molar-refractivity contribution in [2.24, 2.45) is 0 Å². The van der Waals surface area contributed by atoms with Crippen LogP contribution in [0.1, 0.15) is 11.4 Å². The Hall–Kier alpha value is -3.75. The quantitative estimate of drug-likeness (QED) is 0.534. The Morgan fingerprint density at radius 1 is 0.966 bits per heavy atom. The maximum atomic E-state index is 12.3. The summed E-state index contributed by atoms with van der Waals surface area (Å²) in [6.45, 7) is -0.480. The van der Waals surface area contributed by atoms with E-state index in [2.05, 4.69) is 14.7 Å². The molecule has 4 rings (SSSR count). The summed E-state index contributed by atoms with van der Waals surface area (Å²) in [5, 5.41) is 0. The number of hydrogen-bond donors (Lipinski definition) is 2. The fourth-order valence-electron chi connectivity index (χ4n) is 3.15. The van der Waals surface area contributed by atoms with Crippen LogP contribution >= 0.6 is 0 Å². The van der Waals surface area contributed by atoms with Crippen LogP contribution in [-0.2, 0) is 6.54 Å². The topological polar surface area (TPSA) is 105 Å². The summed E-state index contributed by atoms with van der Waals surface area (Å²) in [6.07, 6.45) is 0. The van der Waals surface area contributed by atoms with Gasteiger partial charge in [-0.2, -0.15) is 8.78 Å². The van der Waals surface area contributed by atoms with Crippen LogP contribution in [0.25, 0.3) is 22.4 Å². The molecular weight excluding hydrogens is 378 g/mol. The number of nitrogens with two attached hydrogens (primary N) is 2. The molecule has 0 bridgehead atoms. The zero-order chi connectivity index (χ0) is 20.5. The second-order valence-electron chi connectivity index (χ2n) is 6.51. The van der Waals surface area contributed by atoms with Crippen LogP contribution in [0.4, 0.5) is 20.4 Å². The molecule has 3 aromatic heterocycles. The van der Waals surface area contributed by atoms with Gasteiger partial charge in [0.2, 0.25) is 0 Å². The number of imidazole rings is 1. The van der Waals surface area contributed by atoms with Gasteiger partial charge in [-0.25, -0.2) is 15.0 Å². The number of nitrogen functional groups attached to an aromatic ring is 2. The Kier molecular flexibility index (Phi) is 4.71. The van der Waals surface area contributed by atoms with Gasteiger partial charge in [-0.3, -0.25) is 0 Å². The molecule has 29 heavy (non-hydrogen) atoms. The molecule has 0 aliphatic rings. The lowest BCUT2D eigenvalue weighted by Crippen LogP contribution is -2.05. The lowest BCUT2D eigenvalue weighted by molar-refractivity contribution is -0.0498. The van der Waals surface area contributed by atoms with E-state index in [1.54, 1.807) is 24.3 Å². The van der Waals surface area contributed by atoms with E-state index in [1.807, 2.05) is 23.6 Å². The molecule has 7 nitrogen and oxygen atoms in total. The van der Waals surface area contributed by atoms with Crippen molar-refractivity contribution in [3.05, 3.63) is 59.9 Å². The third kappa shape index (κ3) is 3.93. The molecule has 0 atom stereocenters. The molecule has 0 aliphatic carbocycles. The maximum absolute atomic E-state index is 12.3. The standard InChI is InChI=1S/C20H18F2N6O/c1-11-25-16-7-6-15(13-8-17(23)27-18(24)9-13)26-19(16)28(11)10-12-2-4-14(5-3-12)29-20(21)22/h2-9,20H,10H2,1H3,(H4,23,24,27). The number of pyridine rings is 2. The minimum absolute atomic E-state index is 0.115. The summed E-state index contributed by atoms with van der Waals surface area (Å²) in [7, 11) is 0. The van der Waals surface area contributed by atoms with E-state index >= 15 is 0 Å². The summed E-state index contributed by atoms with van der Waals surface area (Å²) in [5.41, 5.74) is 15.4. The number of hydrogen-bond acceptors (Lipinski definition) is 6. The van der Waals surface area contributed by atoms with Crippen LogP contribution in [0.5, 0.6) is 5.75 Å². The number of aromatic nitrogens is 4. The maximum Gasteiger partial charge on any atom is 0.387 e. The van der Waals surface area contributed by atoms with Gasteiger partial charge >= 0.3 is 6.61 Å². The number of rotatable bonds is 5. The van der Waals surface area contributed by atoms with Crippen LogP contribution in [0, 0.1) is 6.92 Å². The van der Waals surface area contributed by atoms with Gasteiger partial charge in [-0.05, 0) is 48.9 Å². The first-order valence-electron chi connectivity index (χ1n) is 8.80. The lowest BCUT2D eigenvalue weighted by atomic mass is 10.1. The molecular formula is C20H18F2N6O. The summed E-state index contributed by atoms with van der Waals surface area (Å²) in [6, 6.07) is 13.6. The highest BCUT2D eigenvalue weighted by atomic mass is 19.3. The number of anilines is 2. The van der Waals surface area contributed by atoms with Crippen molar-refractivity contribution >= 4 is 22.8 Å². The van der Waals surface area contributed by atoms with Crippen molar-refractivity contribution in [3.8, 4) is 17.0 Å². The van der Waals surface area contributed by atoms with Gasteiger partial charge in [0.15, 0.2) is 5.65 Å². The van der Waals surface area contributed by atoms with Gasteiger partial charge in [-0.15, -0.1) is 0 Å². The predicted octanol–water partition coefficient (Wildman–Crippen LogP) is 3.62. The van der Waals surface area contributed by atoms with E-state index in [-0.39, 0.29) is 5.75 Å². The smallest absolute Gasteiger partial charge is 0.387 e. The van der Waals surface area contributed by atoms with Gasteiger partial charge in [0, 0.05) is 5.56 Å². The van der Waals surface area contributed by atoms with Crippen molar-refractivity contribution in [2.75, 3.05) is 11.5 Å². The number of nitrogens with zero attached hydrogens (tertiary/aromatic N) is 4. The van der Waals surface area contributed by atoms with Crippen LogP contribution in [0.15, 0.2) is 48.5 Å². The molecule has 0 amide bonds. The molecule has 0 spiro atoms. The highest BCUT2D eigenvalue weighted by Gasteiger charge is 2.12. The molecule has 148 valence electrons. The first-order chi connectivity index (χ1) is 13.9. The number of alkyl halides is 2.